The Hall–Kier alpha value is -1.78. The van der Waals surface area contributed by atoms with Crippen LogP contribution in [0.4, 0.5) is 5.69 Å². The molecule has 1 heterocycles. The van der Waals surface area contributed by atoms with Gasteiger partial charge in [-0.05, 0) is 32.9 Å². The first-order chi connectivity index (χ1) is 11.4. The van der Waals surface area contributed by atoms with Crippen molar-refractivity contribution < 1.29 is 9.53 Å². The summed E-state index contributed by atoms with van der Waals surface area (Å²) in [6, 6.07) is 12.5. The molecule has 130 valence electrons. The molecular formula is C19H25ClN2O2. The molecule has 3 rings (SSSR count). The quantitative estimate of drug-likeness (QED) is 0.837. The highest BCUT2D eigenvalue weighted by molar-refractivity contribution is 6.35. The summed E-state index contributed by atoms with van der Waals surface area (Å²) in [5.74, 6) is 0. The SMILES string of the molecule is CC(C)(C)OC=O.Clc1cccc2c(N3CCNCC3)cccc12. The molecule has 0 aliphatic carbocycles. The minimum Gasteiger partial charge on any atom is -0.462 e. The highest BCUT2D eigenvalue weighted by Crippen LogP contribution is 2.31. The van der Waals surface area contributed by atoms with E-state index < -0.39 is 0 Å². The van der Waals surface area contributed by atoms with Crippen molar-refractivity contribution in [3.8, 4) is 0 Å². The topological polar surface area (TPSA) is 41.6 Å². The average Bonchev–Trinajstić information content (AvgIpc) is 2.55. The molecule has 1 aliphatic heterocycles. The molecule has 24 heavy (non-hydrogen) atoms. The van der Waals surface area contributed by atoms with Crippen molar-refractivity contribution in [3.63, 3.8) is 0 Å². The first-order valence-electron chi connectivity index (χ1n) is 8.17. The van der Waals surface area contributed by atoms with Crippen molar-refractivity contribution in [2.24, 2.45) is 0 Å². The van der Waals surface area contributed by atoms with E-state index in [2.05, 4.69) is 39.2 Å². The number of nitrogens with one attached hydrogen (secondary N) is 1. The van der Waals surface area contributed by atoms with Crippen molar-refractivity contribution in [3.05, 3.63) is 41.4 Å². The van der Waals surface area contributed by atoms with E-state index in [1.54, 1.807) is 0 Å². The smallest absolute Gasteiger partial charge is 0.293 e. The van der Waals surface area contributed by atoms with Crippen molar-refractivity contribution in [2.75, 3.05) is 31.1 Å². The van der Waals surface area contributed by atoms with Crippen molar-refractivity contribution in [1.82, 2.24) is 5.32 Å². The third-order valence-corrected chi connectivity index (χ3v) is 4.03. The largest absolute Gasteiger partial charge is 0.462 e. The van der Waals surface area contributed by atoms with E-state index in [1.807, 2.05) is 32.9 Å². The Bertz CT molecular complexity index is 677. The number of fused-ring (bicyclic) bond motifs is 1. The molecule has 0 radical (unpaired) electrons. The van der Waals surface area contributed by atoms with Gasteiger partial charge in [0.15, 0.2) is 0 Å². The molecule has 2 aromatic carbocycles. The van der Waals surface area contributed by atoms with Crippen LogP contribution in [0.5, 0.6) is 0 Å². The Labute approximate surface area is 148 Å². The highest BCUT2D eigenvalue weighted by atomic mass is 35.5. The van der Waals surface area contributed by atoms with E-state index in [9.17, 15) is 4.79 Å². The number of hydrogen-bond acceptors (Lipinski definition) is 4. The summed E-state index contributed by atoms with van der Waals surface area (Å²) < 4.78 is 4.55. The van der Waals surface area contributed by atoms with Gasteiger partial charge in [0.2, 0.25) is 0 Å². The summed E-state index contributed by atoms with van der Waals surface area (Å²) in [6.07, 6.45) is 0. The second-order valence-electron chi connectivity index (χ2n) is 6.68. The molecule has 0 aromatic heterocycles. The van der Waals surface area contributed by atoms with E-state index in [1.165, 1.54) is 11.1 Å². The Morgan fingerprint density at radius 3 is 2.29 bits per heavy atom. The van der Waals surface area contributed by atoms with Crippen LogP contribution in [-0.2, 0) is 9.53 Å². The maximum atomic E-state index is 9.60. The summed E-state index contributed by atoms with van der Waals surface area (Å²) in [5.41, 5.74) is 0.980. The number of ether oxygens (including phenoxy) is 1. The number of halogens is 1. The zero-order valence-corrected chi connectivity index (χ0v) is 15.3. The molecule has 0 saturated carbocycles. The number of hydrogen-bond donors (Lipinski definition) is 1. The lowest BCUT2D eigenvalue weighted by atomic mass is 10.1. The van der Waals surface area contributed by atoms with Crippen LogP contribution in [0.3, 0.4) is 0 Å². The van der Waals surface area contributed by atoms with Gasteiger partial charge in [0.25, 0.3) is 6.47 Å². The van der Waals surface area contributed by atoms with E-state index in [0.717, 1.165) is 36.6 Å². The van der Waals surface area contributed by atoms with Crippen molar-refractivity contribution in [2.45, 2.75) is 26.4 Å². The van der Waals surface area contributed by atoms with Gasteiger partial charge in [-0.1, -0.05) is 35.9 Å². The lowest BCUT2D eigenvalue weighted by Crippen LogP contribution is -2.43. The van der Waals surface area contributed by atoms with Crippen LogP contribution < -0.4 is 10.2 Å². The average molecular weight is 349 g/mol. The van der Waals surface area contributed by atoms with E-state index in [-0.39, 0.29) is 5.60 Å². The number of nitrogens with zero attached hydrogens (tertiary/aromatic N) is 1. The summed E-state index contributed by atoms with van der Waals surface area (Å²) in [7, 11) is 0. The Kier molecular flexibility index (Phi) is 6.46. The third-order valence-electron chi connectivity index (χ3n) is 3.71. The molecule has 1 saturated heterocycles. The summed E-state index contributed by atoms with van der Waals surface area (Å²) >= 11 is 6.24. The van der Waals surface area contributed by atoms with Gasteiger partial charge in [0.05, 0.1) is 0 Å². The minimum atomic E-state index is -0.318. The molecule has 1 N–H and O–H groups in total. The van der Waals surface area contributed by atoms with Gasteiger partial charge in [-0.3, -0.25) is 4.79 Å². The number of carbonyl (C=O) groups is 1. The normalized spacial score (nSPS) is 14.8. The second kappa shape index (κ2) is 8.36. The molecular weight excluding hydrogens is 324 g/mol. The van der Waals surface area contributed by atoms with Crippen LogP contribution in [0.2, 0.25) is 5.02 Å². The van der Waals surface area contributed by atoms with Gasteiger partial charge in [-0.25, -0.2) is 0 Å². The predicted octanol–water partition coefficient (Wildman–Crippen LogP) is 3.86. The zero-order valence-electron chi connectivity index (χ0n) is 14.5. The zero-order chi connectivity index (χ0) is 17.6. The molecule has 2 aromatic rings. The minimum absolute atomic E-state index is 0.318. The molecule has 0 spiro atoms. The van der Waals surface area contributed by atoms with Crippen LogP contribution >= 0.6 is 11.6 Å². The first kappa shape index (κ1) is 18.6. The monoisotopic (exact) mass is 348 g/mol. The lowest BCUT2D eigenvalue weighted by Gasteiger charge is -2.30. The fraction of sp³-hybridized carbons (Fsp3) is 0.421. The molecule has 1 aliphatic rings. The van der Waals surface area contributed by atoms with E-state index >= 15 is 0 Å². The van der Waals surface area contributed by atoms with Crippen LogP contribution in [-0.4, -0.2) is 38.3 Å². The summed E-state index contributed by atoms with van der Waals surface area (Å²) in [6.45, 7) is 10.1. The van der Waals surface area contributed by atoms with Gasteiger partial charge < -0.3 is 15.0 Å². The Morgan fingerprint density at radius 2 is 1.71 bits per heavy atom. The van der Waals surface area contributed by atoms with Crippen LogP contribution in [0.1, 0.15) is 20.8 Å². The number of piperazine rings is 1. The number of rotatable bonds is 2. The van der Waals surface area contributed by atoms with Gasteiger partial charge >= 0.3 is 0 Å². The first-order valence-corrected chi connectivity index (χ1v) is 8.54. The lowest BCUT2D eigenvalue weighted by molar-refractivity contribution is -0.138. The van der Waals surface area contributed by atoms with Gasteiger partial charge in [0, 0.05) is 47.7 Å². The van der Waals surface area contributed by atoms with Crippen molar-refractivity contribution in [1.29, 1.82) is 0 Å². The molecule has 5 heteroatoms. The Balaban J connectivity index is 0.000000256. The fourth-order valence-corrected chi connectivity index (χ4v) is 2.82. The molecule has 1 fully saturated rings. The Morgan fingerprint density at radius 1 is 1.08 bits per heavy atom. The number of carbonyl (C=O) groups excluding carboxylic acids is 1. The van der Waals surface area contributed by atoms with Gasteiger partial charge in [-0.2, -0.15) is 0 Å². The van der Waals surface area contributed by atoms with E-state index in [4.69, 9.17) is 11.6 Å². The maximum Gasteiger partial charge on any atom is 0.293 e. The molecule has 0 atom stereocenters. The predicted molar refractivity (Wildman–Crippen MR) is 101 cm³/mol. The van der Waals surface area contributed by atoms with Gasteiger partial charge in [-0.15, -0.1) is 0 Å². The molecule has 0 unspecified atom stereocenters. The van der Waals surface area contributed by atoms with Crippen LogP contribution in [0.15, 0.2) is 36.4 Å². The van der Waals surface area contributed by atoms with Crippen LogP contribution in [0, 0.1) is 0 Å². The molecule has 4 nitrogen and oxygen atoms in total. The summed E-state index contributed by atoms with van der Waals surface area (Å²) in [4.78, 5) is 12.0. The highest BCUT2D eigenvalue weighted by Gasteiger charge is 2.13. The summed E-state index contributed by atoms with van der Waals surface area (Å²) in [5, 5.41) is 6.60. The molecule has 0 bridgehead atoms. The second-order valence-corrected chi connectivity index (χ2v) is 7.08. The third kappa shape index (κ3) is 5.11. The number of anilines is 1. The number of benzene rings is 2. The van der Waals surface area contributed by atoms with Gasteiger partial charge in [0.1, 0.15) is 5.60 Å². The standard InChI is InChI=1S/C14H15ClN2.C5H10O2/c15-13-5-1-4-12-11(13)3-2-6-14(12)17-9-7-16-8-10-17;1-5(2,3)7-4-6/h1-6,16H,7-10H2;4H,1-3H3. The maximum absolute atomic E-state index is 9.60. The van der Waals surface area contributed by atoms with Crippen LogP contribution in [0.25, 0.3) is 10.8 Å². The van der Waals surface area contributed by atoms with Crippen molar-refractivity contribution >= 4 is 34.5 Å². The van der Waals surface area contributed by atoms with E-state index in [0.29, 0.717) is 6.47 Å². The fourth-order valence-electron chi connectivity index (χ4n) is 2.58. The molecule has 0 amide bonds.